The zero-order chi connectivity index (χ0) is 9.97. The van der Waals surface area contributed by atoms with Crippen LogP contribution in [0.25, 0.3) is 0 Å². The molecule has 0 spiro atoms. The summed E-state index contributed by atoms with van der Waals surface area (Å²) in [4.78, 5) is 0. The lowest BCUT2D eigenvalue weighted by Crippen LogP contribution is -2.30. The van der Waals surface area contributed by atoms with Gasteiger partial charge in [0.2, 0.25) is 0 Å². The van der Waals surface area contributed by atoms with Crippen molar-refractivity contribution in [2.75, 3.05) is 0 Å². The molecule has 4 nitrogen and oxygen atoms in total. The highest BCUT2D eigenvalue weighted by atomic mass is 15.4. The predicted molar refractivity (Wildman–Crippen MR) is 54.6 cm³/mol. The molecule has 1 aromatic rings. The molecule has 1 aliphatic carbocycles. The van der Waals surface area contributed by atoms with E-state index in [4.69, 9.17) is 5.73 Å². The van der Waals surface area contributed by atoms with Crippen molar-refractivity contribution in [1.29, 1.82) is 0 Å². The Hall–Kier alpha value is -0.900. The number of nitrogens with two attached hydrogens (primary N) is 1. The van der Waals surface area contributed by atoms with Crippen LogP contribution in [0.15, 0.2) is 6.20 Å². The molecule has 4 heteroatoms. The summed E-state index contributed by atoms with van der Waals surface area (Å²) in [5.74, 6) is 0.706. The van der Waals surface area contributed by atoms with Crippen LogP contribution < -0.4 is 5.73 Å². The van der Waals surface area contributed by atoms with Gasteiger partial charge in [-0.2, -0.15) is 0 Å². The van der Waals surface area contributed by atoms with Crippen molar-refractivity contribution in [2.24, 2.45) is 18.7 Å². The second kappa shape index (κ2) is 4.09. The van der Waals surface area contributed by atoms with E-state index in [9.17, 15) is 0 Å². The van der Waals surface area contributed by atoms with Gasteiger partial charge < -0.3 is 5.73 Å². The molecule has 0 aromatic carbocycles. The third kappa shape index (κ3) is 2.12. The molecule has 2 N–H and O–H groups in total. The van der Waals surface area contributed by atoms with E-state index >= 15 is 0 Å². The van der Waals surface area contributed by atoms with Crippen LogP contribution in [0.5, 0.6) is 0 Å². The zero-order valence-corrected chi connectivity index (χ0v) is 8.69. The third-order valence-corrected chi connectivity index (χ3v) is 3.10. The molecule has 1 aliphatic rings. The highest BCUT2D eigenvalue weighted by Gasteiger charge is 2.22. The predicted octanol–water partition coefficient (Wildman–Crippen LogP) is 0.875. The molecule has 0 amide bonds. The Morgan fingerprint density at radius 1 is 1.57 bits per heavy atom. The molecule has 1 fully saturated rings. The summed E-state index contributed by atoms with van der Waals surface area (Å²) in [6.07, 6.45) is 8.11. The van der Waals surface area contributed by atoms with Crippen LogP contribution in [-0.4, -0.2) is 21.0 Å². The summed E-state index contributed by atoms with van der Waals surface area (Å²) in [5, 5.41) is 7.97. The fraction of sp³-hybridized carbons (Fsp3) is 0.800. The number of aryl methyl sites for hydroxylation is 1. The molecule has 2 rings (SSSR count). The van der Waals surface area contributed by atoms with Crippen molar-refractivity contribution >= 4 is 0 Å². The molecule has 1 unspecified atom stereocenters. The lowest BCUT2D eigenvalue weighted by atomic mass is 9.95. The van der Waals surface area contributed by atoms with Gasteiger partial charge in [0.15, 0.2) is 0 Å². The monoisotopic (exact) mass is 194 g/mol. The van der Waals surface area contributed by atoms with Gasteiger partial charge >= 0.3 is 0 Å². The van der Waals surface area contributed by atoms with Gasteiger partial charge in [0.1, 0.15) is 0 Å². The summed E-state index contributed by atoms with van der Waals surface area (Å²) >= 11 is 0. The second-order valence-corrected chi connectivity index (χ2v) is 4.30. The van der Waals surface area contributed by atoms with E-state index in [-0.39, 0.29) is 6.04 Å². The maximum atomic E-state index is 6.14. The standard InChI is InChI=1S/C10H18N4/c1-14-7-9(12-13-14)6-10(11)8-4-2-3-5-8/h7-8,10H,2-6,11H2,1H3. The molecule has 78 valence electrons. The minimum Gasteiger partial charge on any atom is -0.327 e. The van der Waals surface area contributed by atoms with E-state index in [0.29, 0.717) is 5.92 Å². The molecule has 0 aliphatic heterocycles. The highest BCUT2D eigenvalue weighted by Crippen LogP contribution is 2.27. The normalized spacial score (nSPS) is 20.1. The number of hydrogen-bond acceptors (Lipinski definition) is 3. The first-order valence-electron chi connectivity index (χ1n) is 5.36. The van der Waals surface area contributed by atoms with Crippen LogP contribution in [0.4, 0.5) is 0 Å². The lowest BCUT2D eigenvalue weighted by molar-refractivity contribution is 0.426. The molecule has 14 heavy (non-hydrogen) atoms. The fourth-order valence-corrected chi connectivity index (χ4v) is 2.28. The zero-order valence-electron chi connectivity index (χ0n) is 8.69. The van der Waals surface area contributed by atoms with Gasteiger partial charge in [-0.05, 0) is 18.8 Å². The summed E-state index contributed by atoms with van der Waals surface area (Å²) in [6, 6.07) is 0.272. The first-order valence-corrected chi connectivity index (χ1v) is 5.36. The third-order valence-electron chi connectivity index (χ3n) is 3.10. The molecule has 1 heterocycles. The Labute approximate surface area is 84.5 Å². The largest absolute Gasteiger partial charge is 0.327 e. The maximum absolute atomic E-state index is 6.14. The van der Waals surface area contributed by atoms with Gasteiger partial charge in [0.05, 0.1) is 5.69 Å². The first kappa shape index (κ1) is 9.65. The molecule has 0 radical (unpaired) electrons. The Kier molecular flexibility index (Phi) is 2.82. The molecule has 1 atom stereocenters. The molecule has 1 aromatic heterocycles. The van der Waals surface area contributed by atoms with Crippen molar-refractivity contribution < 1.29 is 0 Å². The molecular weight excluding hydrogens is 176 g/mol. The quantitative estimate of drug-likeness (QED) is 0.777. The summed E-state index contributed by atoms with van der Waals surface area (Å²) < 4.78 is 1.73. The summed E-state index contributed by atoms with van der Waals surface area (Å²) in [6.45, 7) is 0. The number of aromatic nitrogens is 3. The van der Waals surface area contributed by atoms with Gasteiger partial charge in [-0.25, -0.2) is 0 Å². The number of nitrogens with zero attached hydrogens (tertiary/aromatic N) is 3. The topological polar surface area (TPSA) is 56.7 Å². The lowest BCUT2D eigenvalue weighted by Gasteiger charge is -2.16. The van der Waals surface area contributed by atoms with Crippen LogP contribution in [0.1, 0.15) is 31.4 Å². The van der Waals surface area contributed by atoms with Gasteiger partial charge in [0, 0.05) is 25.7 Å². The van der Waals surface area contributed by atoms with Crippen molar-refractivity contribution in [3.05, 3.63) is 11.9 Å². The van der Waals surface area contributed by atoms with Crippen LogP contribution in [0.2, 0.25) is 0 Å². The number of rotatable bonds is 3. The number of hydrogen-bond donors (Lipinski definition) is 1. The Balaban J connectivity index is 1.90. The average Bonchev–Trinajstić information content (AvgIpc) is 2.75. The maximum Gasteiger partial charge on any atom is 0.0842 e. The first-order chi connectivity index (χ1) is 6.75. The summed E-state index contributed by atoms with van der Waals surface area (Å²) in [7, 11) is 1.89. The fourth-order valence-electron chi connectivity index (χ4n) is 2.28. The van der Waals surface area contributed by atoms with Gasteiger partial charge in [-0.15, -0.1) is 5.10 Å². The van der Waals surface area contributed by atoms with E-state index in [1.54, 1.807) is 4.68 Å². The average molecular weight is 194 g/mol. The van der Waals surface area contributed by atoms with Gasteiger partial charge in [-0.1, -0.05) is 18.1 Å². The second-order valence-electron chi connectivity index (χ2n) is 4.30. The van der Waals surface area contributed by atoms with E-state index in [1.165, 1.54) is 25.7 Å². The summed E-state index contributed by atoms with van der Waals surface area (Å²) in [5.41, 5.74) is 7.16. The van der Waals surface area contributed by atoms with Crippen LogP contribution in [0.3, 0.4) is 0 Å². The minimum atomic E-state index is 0.272. The molecule has 0 saturated heterocycles. The van der Waals surface area contributed by atoms with Crippen molar-refractivity contribution in [3.63, 3.8) is 0 Å². The SMILES string of the molecule is Cn1cc(CC(N)C2CCCC2)nn1. The van der Waals surface area contributed by atoms with Crippen LogP contribution >= 0.6 is 0 Å². The van der Waals surface area contributed by atoms with Crippen LogP contribution in [-0.2, 0) is 13.5 Å². The van der Waals surface area contributed by atoms with Crippen molar-refractivity contribution in [2.45, 2.75) is 38.1 Å². The van der Waals surface area contributed by atoms with Crippen molar-refractivity contribution in [3.8, 4) is 0 Å². The van der Waals surface area contributed by atoms with E-state index in [2.05, 4.69) is 10.3 Å². The van der Waals surface area contributed by atoms with E-state index in [0.717, 1.165) is 12.1 Å². The Morgan fingerprint density at radius 3 is 2.86 bits per heavy atom. The molecular formula is C10H18N4. The van der Waals surface area contributed by atoms with Crippen molar-refractivity contribution in [1.82, 2.24) is 15.0 Å². The minimum absolute atomic E-state index is 0.272. The Morgan fingerprint density at radius 2 is 2.29 bits per heavy atom. The van der Waals surface area contributed by atoms with Gasteiger partial charge in [-0.3, -0.25) is 4.68 Å². The smallest absolute Gasteiger partial charge is 0.0842 e. The van der Waals surface area contributed by atoms with E-state index in [1.807, 2.05) is 13.2 Å². The van der Waals surface area contributed by atoms with E-state index < -0.39 is 0 Å². The van der Waals surface area contributed by atoms with Gasteiger partial charge in [0.25, 0.3) is 0 Å². The molecule has 0 bridgehead atoms. The molecule has 1 saturated carbocycles. The Bertz CT molecular complexity index is 288. The van der Waals surface area contributed by atoms with Crippen LogP contribution in [0, 0.1) is 5.92 Å². The highest BCUT2D eigenvalue weighted by molar-refractivity contribution is 4.97.